The molecule has 1 atom stereocenters. The SMILES string of the molecule is CCNC(F)CCCCCF. The zero-order valence-corrected chi connectivity index (χ0v) is 7.08. The van der Waals surface area contributed by atoms with E-state index in [4.69, 9.17) is 0 Å². The number of hydrogen-bond acceptors (Lipinski definition) is 1. The molecule has 0 aromatic rings. The highest BCUT2D eigenvalue weighted by Gasteiger charge is 2.01. The van der Waals surface area contributed by atoms with Gasteiger partial charge in [0.1, 0.15) is 0 Å². The maximum Gasteiger partial charge on any atom is 0.151 e. The molecule has 0 aliphatic heterocycles. The van der Waals surface area contributed by atoms with Gasteiger partial charge in [0.25, 0.3) is 0 Å². The third kappa shape index (κ3) is 7.72. The van der Waals surface area contributed by atoms with Crippen LogP contribution >= 0.6 is 0 Å². The highest BCUT2D eigenvalue weighted by atomic mass is 19.1. The van der Waals surface area contributed by atoms with E-state index in [1.54, 1.807) is 0 Å². The monoisotopic (exact) mass is 165 g/mol. The van der Waals surface area contributed by atoms with Gasteiger partial charge in [-0.25, -0.2) is 4.39 Å². The second-order valence-electron chi connectivity index (χ2n) is 2.56. The molecule has 0 heterocycles. The molecule has 0 fully saturated rings. The number of hydrogen-bond donors (Lipinski definition) is 1. The van der Waals surface area contributed by atoms with Crippen LogP contribution in [-0.2, 0) is 0 Å². The van der Waals surface area contributed by atoms with Crippen LogP contribution < -0.4 is 5.32 Å². The molecule has 1 unspecified atom stereocenters. The molecule has 0 aromatic carbocycles. The van der Waals surface area contributed by atoms with Crippen LogP contribution in [0.15, 0.2) is 0 Å². The Balaban J connectivity index is 2.97. The molecule has 0 amide bonds. The molecule has 0 radical (unpaired) electrons. The fourth-order valence-electron chi connectivity index (χ4n) is 0.918. The van der Waals surface area contributed by atoms with E-state index in [0.29, 0.717) is 19.4 Å². The first kappa shape index (κ1) is 10.8. The van der Waals surface area contributed by atoms with Crippen LogP contribution in [0.3, 0.4) is 0 Å². The molecule has 68 valence electrons. The van der Waals surface area contributed by atoms with Gasteiger partial charge in [0.15, 0.2) is 6.30 Å². The third-order valence-electron chi connectivity index (χ3n) is 1.52. The van der Waals surface area contributed by atoms with Gasteiger partial charge in [-0.1, -0.05) is 13.3 Å². The van der Waals surface area contributed by atoms with Gasteiger partial charge in [-0.3, -0.25) is 9.71 Å². The van der Waals surface area contributed by atoms with Crippen LogP contribution in [0.25, 0.3) is 0 Å². The molecule has 0 spiro atoms. The van der Waals surface area contributed by atoms with E-state index in [9.17, 15) is 8.78 Å². The quantitative estimate of drug-likeness (QED) is 0.451. The molecule has 1 nitrogen and oxygen atoms in total. The van der Waals surface area contributed by atoms with Crippen molar-refractivity contribution in [2.45, 2.75) is 38.9 Å². The second kappa shape index (κ2) is 7.92. The Labute approximate surface area is 67.2 Å². The van der Waals surface area contributed by atoms with Crippen molar-refractivity contribution in [2.24, 2.45) is 0 Å². The molecule has 11 heavy (non-hydrogen) atoms. The van der Waals surface area contributed by atoms with Gasteiger partial charge in [0, 0.05) is 0 Å². The average Bonchev–Trinajstić information content (AvgIpc) is 1.99. The van der Waals surface area contributed by atoms with Crippen LogP contribution in [0.4, 0.5) is 8.78 Å². The maximum atomic E-state index is 12.6. The van der Waals surface area contributed by atoms with E-state index in [1.165, 1.54) is 0 Å². The van der Waals surface area contributed by atoms with Gasteiger partial charge < -0.3 is 0 Å². The molecular formula is C8H17F2N. The van der Waals surface area contributed by atoms with E-state index in [1.807, 2.05) is 6.92 Å². The van der Waals surface area contributed by atoms with E-state index >= 15 is 0 Å². The van der Waals surface area contributed by atoms with Crippen molar-refractivity contribution in [3.8, 4) is 0 Å². The first-order chi connectivity index (χ1) is 5.31. The minimum absolute atomic E-state index is 0.280. The molecular weight excluding hydrogens is 148 g/mol. The Morgan fingerprint density at radius 2 is 2.00 bits per heavy atom. The zero-order valence-electron chi connectivity index (χ0n) is 7.08. The summed E-state index contributed by atoms with van der Waals surface area (Å²) in [5.74, 6) is 0. The van der Waals surface area contributed by atoms with Gasteiger partial charge in [-0.05, 0) is 25.8 Å². The molecule has 0 aliphatic carbocycles. The number of rotatable bonds is 7. The van der Waals surface area contributed by atoms with Crippen molar-refractivity contribution in [1.29, 1.82) is 0 Å². The predicted molar refractivity (Wildman–Crippen MR) is 43.0 cm³/mol. The summed E-state index contributed by atoms with van der Waals surface area (Å²) < 4.78 is 24.2. The van der Waals surface area contributed by atoms with Crippen LogP contribution in [0.1, 0.15) is 32.6 Å². The van der Waals surface area contributed by atoms with Gasteiger partial charge in [0.05, 0.1) is 6.67 Å². The maximum absolute atomic E-state index is 12.6. The van der Waals surface area contributed by atoms with E-state index in [-0.39, 0.29) is 6.67 Å². The lowest BCUT2D eigenvalue weighted by Crippen LogP contribution is -2.23. The van der Waals surface area contributed by atoms with Crippen LogP contribution in [0, 0.1) is 0 Å². The molecule has 0 aliphatic rings. The van der Waals surface area contributed by atoms with Crippen LogP contribution in [0.5, 0.6) is 0 Å². The van der Waals surface area contributed by atoms with Gasteiger partial charge in [-0.2, -0.15) is 0 Å². The van der Waals surface area contributed by atoms with Crippen LogP contribution in [0.2, 0.25) is 0 Å². The lowest BCUT2D eigenvalue weighted by atomic mass is 10.2. The lowest BCUT2D eigenvalue weighted by molar-refractivity contribution is 0.253. The van der Waals surface area contributed by atoms with Gasteiger partial charge in [0.2, 0.25) is 0 Å². The molecule has 0 saturated heterocycles. The molecule has 0 aromatic heterocycles. The fraction of sp³-hybridized carbons (Fsp3) is 1.00. The third-order valence-corrected chi connectivity index (χ3v) is 1.52. The predicted octanol–water partition coefficient (Wildman–Crippen LogP) is 2.42. The Hall–Kier alpha value is -0.180. The van der Waals surface area contributed by atoms with Crippen molar-refractivity contribution in [3.63, 3.8) is 0 Å². The summed E-state index contributed by atoms with van der Waals surface area (Å²) in [5, 5.41) is 2.66. The Morgan fingerprint density at radius 3 is 2.55 bits per heavy atom. The average molecular weight is 165 g/mol. The summed E-state index contributed by atoms with van der Waals surface area (Å²) in [7, 11) is 0. The summed E-state index contributed by atoms with van der Waals surface area (Å²) in [6, 6.07) is 0. The lowest BCUT2D eigenvalue weighted by Gasteiger charge is -2.06. The minimum atomic E-state index is -0.903. The zero-order chi connectivity index (χ0) is 8.53. The Morgan fingerprint density at radius 1 is 1.27 bits per heavy atom. The van der Waals surface area contributed by atoms with Crippen molar-refractivity contribution >= 4 is 0 Å². The highest BCUT2D eigenvalue weighted by molar-refractivity contribution is 4.52. The van der Waals surface area contributed by atoms with Crippen molar-refractivity contribution in [3.05, 3.63) is 0 Å². The smallest absolute Gasteiger partial charge is 0.151 e. The standard InChI is InChI=1S/C8H17F2N/c1-2-11-8(10)6-4-3-5-7-9/h8,11H,2-7H2,1H3. The minimum Gasteiger partial charge on any atom is -0.288 e. The Kier molecular flexibility index (Phi) is 7.79. The van der Waals surface area contributed by atoms with E-state index < -0.39 is 6.30 Å². The normalized spacial score (nSPS) is 13.4. The Bertz CT molecular complexity index is 78.5. The molecule has 3 heteroatoms. The van der Waals surface area contributed by atoms with Crippen molar-refractivity contribution in [2.75, 3.05) is 13.2 Å². The van der Waals surface area contributed by atoms with Gasteiger partial charge in [-0.15, -0.1) is 0 Å². The summed E-state index contributed by atoms with van der Waals surface area (Å²) in [6.07, 6.45) is 1.74. The van der Waals surface area contributed by atoms with Crippen LogP contribution in [-0.4, -0.2) is 19.5 Å². The number of halogens is 2. The summed E-state index contributed by atoms with van der Waals surface area (Å²) in [5.41, 5.74) is 0. The summed E-state index contributed by atoms with van der Waals surface area (Å²) in [6.45, 7) is 2.25. The van der Waals surface area contributed by atoms with E-state index in [0.717, 1.165) is 12.8 Å². The molecule has 1 N–H and O–H groups in total. The largest absolute Gasteiger partial charge is 0.288 e. The fourth-order valence-corrected chi connectivity index (χ4v) is 0.918. The summed E-state index contributed by atoms with van der Waals surface area (Å²) >= 11 is 0. The first-order valence-corrected chi connectivity index (χ1v) is 4.24. The number of alkyl halides is 2. The second-order valence-corrected chi connectivity index (χ2v) is 2.56. The van der Waals surface area contributed by atoms with Crippen molar-refractivity contribution in [1.82, 2.24) is 5.32 Å². The highest BCUT2D eigenvalue weighted by Crippen LogP contribution is 2.04. The molecule has 0 bridgehead atoms. The van der Waals surface area contributed by atoms with Gasteiger partial charge >= 0.3 is 0 Å². The number of unbranched alkanes of at least 4 members (excludes halogenated alkanes) is 2. The first-order valence-electron chi connectivity index (χ1n) is 4.24. The molecule has 0 rings (SSSR count). The molecule has 0 saturated carbocycles. The number of nitrogens with one attached hydrogen (secondary N) is 1. The van der Waals surface area contributed by atoms with Crippen molar-refractivity contribution < 1.29 is 8.78 Å². The van der Waals surface area contributed by atoms with E-state index in [2.05, 4.69) is 5.32 Å². The topological polar surface area (TPSA) is 12.0 Å². The summed E-state index contributed by atoms with van der Waals surface area (Å²) in [4.78, 5) is 0.